The summed E-state index contributed by atoms with van der Waals surface area (Å²) in [6, 6.07) is 16.1. The summed E-state index contributed by atoms with van der Waals surface area (Å²) in [5.74, 6) is 0. The van der Waals surface area contributed by atoms with Crippen molar-refractivity contribution in [3.63, 3.8) is 0 Å². The number of benzene rings is 1. The van der Waals surface area contributed by atoms with E-state index in [1.165, 1.54) is 11.1 Å². The van der Waals surface area contributed by atoms with E-state index in [-0.39, 0.29) is 0 Å². The van der Waals surface area contributed by atoms with Gasteiger partial charge in [-0.1, -0.05) is 36.4 Å². The van der Waals surface area contributed by atoms with Gasteiger partial charge < -0.3 is 0 Å². The Bertz CT molecular complexity index is 480. The SMILES string of the molecule is N#Cc1ccc(CCc2ccccc2)cn1. The van der Waals surface area contributed by atoms with Gasteiger partial charge in [-0.05, 0) is 30.0 Å². The van der Waals surface area contributed by atoms with Crippen LogP contribution in [0.2, 0.25) is 0 Å². The van der Waals surface area contributed by atoms with Crippen LogP contribution in [0.3, 0.4) is 0 Å². The highest BCUT2D eigenvalue weighted by molar-refractivity contribution is 5.24. The minimum Gasteiger partial charge on any atom is -0.245 e. The second kappa shape index (κ2) is 5.09. The molecule has 0 amide bonds. The van der Waals surface area contributed by atoms with Crippen molar-refractivity contribution in [2.24, 2.45) is 0 Å². The Balaban J connectivity index is 1.98. The molecule has 0 aliphatic rings. The quantitative estimate of drug-likeness (QED) is 0.777. The first kappa shape index (κ1) is 10.4. The highest BCUT2D eigenvalue weighted by Gasteiger charge is 1.96. The van der Waals surface area contributed by atoms with Crippen molar-refractivity contribution in [2.75, 3.05) is 0 Å². The second-order valence-electron chi connectivity index (χ2n) is 3.65. The van der Waals surface area contributed by atoms with Gasteiger partial charge in [0.1, 0.15) is 11.8 Å². The number of nitrogens with zero attached hydrogens (tertiary/aromatic N) is 2. The molecule has 2 aromatic rings. The van der Waals surface area contributed by atoms with E-state index in [9.17, 15) is 0 Å². The molecule has 0 unspecified atom stereocenters. The summed E-state index contributed by atoms with van der Waals surface area (Å²) in [5.41, 5.74) is 2.97. The Morgan fingerprint density at radius 3 is 2.31 bits per heavy atom. The van der Waals surface area contributed by atoms with Gasteiger partial charge in [-0.2, -0.15) is 5.26 Å². The number of hydrogen-bond acceptors (Lipinski definition) is 2. The lowest BCUT2D eigenvalue weighted by Gasteiger charge is -2.01. The smallest absolute Gasteiger partial charge is 0.140 e. The van der Waals surface area contributed by atoms with Crippen molar-refractivity contribution in [1.82, 2.24) is 4.98 Å². The summed E-state index contributed by atoms with van der Waals surface area (Å²) in [7, 11) is 0. The van der Waals surface area contributed by atoms with Crippen LogP contribution in [0.4, 0.5) is 0 Å². The first-order chi connectivity index (χ1) is 7.88. The van der Waals surface area contributed by atoms with E-state index in [1.54, 1.807) is 12.3 Å². The molecule has 2 heteroatoms. The van der Waals surface area contributed by atoms with Gasteiger partial charge in [0, 0.05) is 6.20 Å². The van der Waals surface area contributed by atoms with E-state index in [0.717, 1.165) is 12.8 Å². The van der Waals surface area contributed by atoms with Crippen molar-refractivity contribution in [2.45, 2.75) is 12.8 Å². The second-order valence-corrected chi connectivity index (χ2v) is 3.65. The van der Waals surface area contributed by atoms with E-state index in [1.807, 2.05) is 30.3 Å². The van der Waals surface area contributed by atoms with Crippen molar-refractivity contribution in [1.29, 1.82) is 5.26 Å². The Hall–Kier alpha value is -2.14. The van der Waals surface area contributed by atoms with E-state index in [2.05, 4.69) is 17.1 Å². The molecule has 0 bridgehead atoms. The molecule has 1 aromatic carbocycles. The first-order valence-electron chi connectivity index (χ1n) is 5.27. The zero-order valence-corrected chi connectivity index (χ0v) is 8.93. The van der Waals surface area contributed by atoms with Crippen LogP contribution in [0, 0.1) is 11.3 Å². The summed E-state index contributed by atoms with van der Waals surface area (Å²) < 4.78 is 0. The summed E-state index contributed by atoms with van der Waals surface area (Å²) in [4.78, 5) is 4.05. The largest absolute Gasteiger partial charge is 0.245 e. The minimum atomic E-state index is 0.475. The summed E-state index contributed by atoms with van der Waals surface area (Å²) in [5, 5.41) is 8.62. The zero-order chi connectivity index (χ0) is 11.2. The predicted molar refractivity (Wildman–Crippen MR) is 62.8 cm³/mol. The number of hydrogen-bond donors (Lipinski definition) is 0. The molecule has 0 saturated heterocycles. The topological polar surface area (TPSA) is 36.7 Å². The molecule has 0 aliphatic carbocycles. The van der Waals surface area contributed by atoms with Crippen molar-refractivity contribution >= 4 is 0 Å². The molecule has 0 aliphatic heterocycles. The number of pyridine rings is 1. The van der Waals surface area contributed by atoms with Crippen LogP contribution in [0.5, 0.6) is 0 Å². The molecule has 0 N–H and O–H groups in total. The minimum absolute atomic E-state index is 0.475. The fourth-order valence-corrected chi connectivity index (χ4v) is 1.57. The van der Waals surface area contributed by atoms with Gasteiger partial charge in [-0.25, -0.2) is 4.98 Å². The van der Waals surface area contributed by atoms with Gasteiger partial charge in [0.15, 0.2) is 0 Å². The molecule has 1 aromatic heterocycles. The molecule has 0 atom stereocenters. The fourth-order valence-electron chi connectivity index (χ4n) is 1.57. The standard InChI is InChI=1S/C14H12N2/c15-10-14-9-8-13(11-16-14)7-6-12-4-2-1-3-5-12/h1-5,8-9,11H,6-7H2. The summed E-state index contributed by atoms with van der Waals surface area (Å²) >= 11 is 0. The zero-order valence-electron chi connectivity index (χ0n) is 8.93. The van der Waals surface area contributed by atoms with E-state index < -0.39 is 0 Å². The fraction of sp³-hybridized carbons (Fsp3) is 0.143. The molecule has 1 heterocycles. The first-order valence-corrected chi connectivity index (χ1v) is 5.27. The number of aromatic nitrogens is 1. The van der Waals surface area contributed by atoms with E-state index in [4.69, 9.17) is 5.26 Å². The number of aryl methyl sites for hydroxylation is 2. The summed E-state index contributed by atoms with van der Waals surface area (Å²) in [6.07, 6.45) is 3.75. The Kier molecular flexibility index (Phi) is 3.30. The van der Waals surface area contributed by atoms with Crippen LogP contribution in [0.25, 0.3) is 0 Å². The van der Waals surface area contributed by atoms with Crippen LogP contribution in [0.1, 0.15) is 16.8 Å². The third-order valence-corrected chi connectivity index (χ3v) is 2.48. The summed E-state index contributed by atoms with van der Waals surface area (Å²) in [6.45, 7) is 0. The number of nitriles is 1. The third-order valence-electron chi connectivity index (χ3n) is 2.48. The van der Waals surface area contributed by atoms with Gasteiger partial charge in [0.25, 0.3) is 0 Å². The van der Waals surface area contributed by atoms with Crippen molar-refractivity contribution < 1.29 is 0 Å². The average Bonchev–Trinajstić information content (AvgIpc) is 2.38. The predicted octanol–water partition coefficient (Wildman–Crippen LogP) is 2.74. The lowest BCUT2D eigenvalue weighted by atomic mass is 10.1. The third kappa shape index (κ3) is 2.68. The van der Waals surface area contributed by atoms with E-state index in [0.29, 0.717) is 5.69 Å². The van der Waals surface area contributed by atoms with Crippen LogP contribution in [0.15, 0.2) is 48.7 Å². The van der Waals surface area contributed by atoms with Crippen molar-refractivity contribution in [3.8, 4) is 6.07 Å². The Labute approximate surface area is 95.2 Å². The molecule has 0 radical (unpaired) electrons. The molecule has 2 rings (SSSR count). The molecule has 16 heavy (non-hydrogen) atoms. The van der Waals surface area contributed by atoms with Gasteiger partial charge >= 0.3 is 0 Å². The van der Waals surface area contributed by atoms with Gasteiger partial charge in [0.05, 0.1) is 0 Å². The lowest BCUT2D eigenvalue weighted by molar-refractivity contribution is 0.948. The maximum Gasteiger partial charge on any atom is 0.140 e. The Morgan fingerprint density at radius 1 is 0.938 bits per heavy atom. The molecular formula is C14H12N2. The van der Waals surface area contributed by atoms with E-state index >= 15 is 0 Å². The molecule has 0 fully saturated rings. The molecule has 0 spiro atoms. The van der Waals surface area contributed by atoms with Gasteiger partial charge in [-0.3, -0.25) is 0 Å². The Morgan fingerprint density at radius 2 is 1.69 bits per heavy atom. The van der Waals surface area contributed by atoms with Gasteiger partial charge in [0.2, 0.25) is 0 Å². The molecule has 0 saturated carbocycles. The average molecular weight is 208 g/mol. The molecule has 78 valence electrons. The normalized spacial score (nSPS) is 9.69. The molecule has 2 nitrogen and oxygen atoms in total. The van der Waals surface area contributed by atoms with Crippen molar-refractivity contribution in [3.05, 3.63) is 65.5 Å². The lowest BCUT2D eigenvalue weighted by Crippen LogP contribution is -1.92. The highest BCUT2D eigenvalue weighted by Crippen LogP contribution is 2.06. The highest BCUT2D eigenvalue weighted by atomic mass is 14.7. The number of rotatable bonds is 3. The monoisotopic (exact) mass is 208 g/mol. The van der Waals surface area contributed by atoms with Crippen LogP contribution in [-0.2, 0) is 12.8 Å². The van der Waals surface area contributed by atoms with Crippen LogP contribution in [-0.4, -0.2) is 4.98 Å². The molecular weight excluding hydrogens is 196 g/mol. The maximum atomic E-state index is 8.62. The van der Waals surface area contributed by atoms with Crippen LogP contribution < -0.4 is 0 Å². The van der Waals surface area contributed by atoms with Gasteiger partial charge in [-0.15, -0.1) is 0 Å². The van der Waals surface area contributed by atoms with Crippen LogP contribution >= 0.6 is 0 Å². The maximum absolute atomic E-state index is 8.62.